The van der Waals surface area contributed by atoms with Crippen molar-refractivity contribution in [1.29, 1.82) is 0 Å². The van der Waals surface area contributed by atoms with Gasteiger partial charge in [-0.25, -0.2) is 9.97 Å². The number of carbonyl (C=O) groups is 2. The Bertz CT molecular complexity index is 777. The lowest BCUT2D eigenvalue weighted by atomic mass is 10.2. The molecular weight excluding hydrogens is 368 g/mol. The molecule has 0 bridgehead atoms. The standard InChI is InChI=1S/C18H22N4O2S2/c1-12-13(2)19-18(20-14(12)3)26-11-16(23)21-6-8-22(9-7-21)17(24)15-5-4-10-25-15/h4-5,10H,6-9,11H2,1-3H3. The van der Waals surface area contributed by atoms with Crippen molar-refractivity contribution in [2.75, 3.05) is 31.9 Å². The summed E-state index contributed by atoms with van der Waals surface area (Å²) >= 11 is 2.82. The van der Waals surface area contributed by atoms with Crippen molar-refractivity contribution < 1.29 is 9.59 Å². The highest BCUT2D eigenvalue weighted by Crippen LogP contribution is 2.19. The lowest BCUT2D eigenvalue weighted by Crippen LogP contribution is -2.51. The number of nitrogens with zero attached hydrogens (tertiary/aromatic N) is 4. The van der Waals surface area contributed by atoms with Gasteiger partial charge in [0.2, 0.25) is 5.91 Å². The average molecular weight is 391 g/mol. The first-order valence-corrected chi connectivity index (χ1v) is 10.4. The monoisotopic (exact) mass is 390 g/mol. The smallest absolute Gasteiger partial charge is 0.264 e. The zero-order valence-electron chi connectivity index (χ0n) is 15.2. The first-order valence-electron chi connectivity index (χ1n) is 8.51. The van der Waals surface area contributed by atoms with Crippen LogP contribution in [0.5, 0.6) is 0 Å². The molecule has 1 saturated heterocycles. The van der Waals surface area contributed by atoms with Gasteiger partial charge < -0.3 is 9.80 Å². The second-order valence-corrected chi connectivity index (χ2v) is 8.13. The van der Waals surface area contributed by atoms with E-state index in [9.17, 15) is 9.59 Å². The maximum atomic E-state index is 12.5. The molecule has 2 aromatic heterocycles. The van der Waals surface area contributed by atoms with Crippen molar-refractivity contribution in [2.45, 2.75) is 25.9 Å². The summed E-state index contributed by atoms with van der Waals surface area (Å²) in [7, 11) is 0. The van der Waals surface area contributed by atoms with Crippen molar-refractivity contribution in [3.05, 3.63) is 39.3 Å². The molecule has 138 valence electrons. The predicted octanol–water partition coefficient (Wildman–Crippen LogP) is 2.54. The van der Waals surface area contributed by atoms with Crippen LogP contribution in [0.25, 0.3) is 0 Å². The molecule has 3 heterocycles. The minimum Gasteiger partial charge on any atom is -0.338 e. The molecule has 2 amide bonds. The van der Waals surface area contributed by atoms with Crippen LogP contribution in [0.15, 0.2) is 22.7 Å². The Balaban J connectivity index is 1.50. The van der Waals surface area contributed by atoms with Gasteiger partial charge in [0.15, 0.2) is 5.16 Å². The summed E-state index contributed by atoms with van der Waals surface area (Å²) in [6.07, 6.45) is 0. The van der Waals surface area contributed by atoms with E-state index in [-0.39, 0.29) is 11.8 Å². The molecule has 0 atom stereocenters. The van der Waals surface area contributed by atoms with Crippen molar-refractivity contribution >= 4 is 34.9 Å². The van der Waals surface area contributed by atoms with E-state index in [4.69, 9.17) is 0 Å². The maximum Gasteiger partial charge on any atom is 0.264 e. The van der Waals surface area contributed by atoms with Gasteiger partial charge in [0.05, 0.1) is 10.6 Å². The van der Waals surface area contributed by atoms with Gasteiger partial charge in [-0.1, -0.05) is 17.8 Å². The number of piperazine rings is 1. The molecule has 1 aliphatic rings. The molecule has 6 nitrogen and oxygen atoms in total. The summed E-state index contributed by atoms with van der Waals surface area (Å²) in [5.41, 5.74) is 2.99. The Hall–Kier alpha value is -1.93. The van der Waals surface area contributed by atoms with Crippen LogP contribution in [0.1, 0.15) is 26.6 Å². The van der Waals surface area contributed by atoms with Gasteiger partial charge in [-0.15, -0.1) is 11.3 Å². The van der Waals surface area contributed by atoms with Crippen molar-refractivity contribution in [1.82, 2.24) is 19.8 Å². The number of aryl methyl sites for hydroxylation is 2. The summed E-state index contributed by atoms with van der Waals surface area (Å²) in [5, 5.41) is 2.55. The predicted molar refractivity (Wildman–Crippen MR) is 104 cm³/mol. The largest absolute Gasteiger partial charge is 0.338 e. The van der Waals surface area contributed by atoms with Crippen molar-refractivity contribution in [3.63, 3.8) is 0 Å². The van der Waals surface area contributed by atoms with E-state index < -0.39 is 0 Å². The Morgan fingerprint density at radius 1 is 1.08 bits per heavy atom. The molecular formula is C18H22N4O2S2. The van der Waals surface area contributed by atoms with E-state index in [0.29, 0.717) is 37.1 Å². The molecule has 3 rings (SSSR count). The summed E-state index contributed by atoms with van der Waals surface area (Å²) in [6, 6.07) is 3.72. The van der Waals surface area contributed by atoms with Crippen molar-refractivity contribution in [2.24, 2.45) is 0 Å². The normalized spacial score (nSPS) is 14.6. The van der Waals surface area contributed by atoms with E-state index in [1.807, 2.05) is 48.1 Å². The molecule has 0 aromatic carbocycles. The first kappa shape index (κ1) is 18.8. The third-order valence-corrected chi connectivity index (χ3v) is 6.28. The average Bonchev–Trinajstić information content (AvgIpc) is 3.18. The number of thioether (sulfide) groups is 1. The van der Waals surface area contributed by atoms with Crippen LogP contribution in [-0.4, -0.2) is 63.5 Å². The quantitative estimate of drug-likeness (QED) is 0.593. The van der Waals surface area contributed by atoms with E-state index in [0.717, 1.165) is 21.8 Å². The van der Waals surface area contributed by atoms with Crippen LogP contribution in [0.3, 0.4) is 0 Å². The highest BCUT2D eigenvalue weighted by molar-refractivity contribution is 7.99. The molecule has 0 unspecified atom stereocenters. The minimum atomic E-state index is 0.0560. The maximum absolute atomic E-state index is 12.5. The van der Waals surface area contributed by atoms with Gasteiger partial charge in [-0.2, -0.15) is 0 Å². The Labute approximate surface area is 161 Å². The third-order valence-electron chi connectivity index (χ3n) is 4.59. The Morgan fingerprint density at radius 3 is 2.27 bits per heavy atom. The van der Waals surface area contributed by atoms with Gasteiger partial charge in [0.1, 0.15) is 0 Å². The van der Waals surface area contributed by atoms with Crippen LogP contribution < -0.4 is 0 Å². The molecule has 1 aliphatic heterocycles. The van der Waals surface area contributed by atoms with Crippen LogP contribution in [-0.2, 0) is 4.79 Å². The van der Waals surface area contributed by atoms with Gasteiger partial charge in [-0.3, -0.25) is 9.59 Å². The molecule has 8 heteroatoms. The lowest BCUT2D eigenvalue weighted by Gasteiger charge is -2.34. The molecule has 26 heavy (non-hydrogen) atoms. The molecule has 0 saturated carbocycles. The molecule has 0 radical (unpaired) electrons. The number of thiophene rings is 1. The fourth-order valence-electron chi connectivity index (χ4n) is 2.74. The fraction of sp³-hybridized carbons (Fsp3) is 0.444. The minimum absolute atomic E-state index is 0.0560. The molecule has 2 aromatic rings. The number of amides is 2. The fourth-order valence-corrected chi connectivity index (χ4v) is 4.27. The van der Waals surface area contributed by atoms with Crippen molar-refractivity contribution in [3.8, 4) is 0 Å². The van der Waals surface area contributed by atoms with E-state index in [2.05, 4.69) is 9.97 Å². The van der Waals surface area contributed by atoms with Crippen LogP contribution >= 0.6 is 23.1 Å². The number of rotatable bonds is 4. The van der Waals surface area contributed by atoms with E-state index in [1.54, 1.807) is 0 Å². The molecule has 0 N–H and O–H groups in total. The second-order valence-electron chi connectivity index (χ2n) is 6.24. The second kappa shape index (κ2) is 8.18. The van der Waals surface area contributed by atoms with E-state index in [1.165, 1.54) is 23.1 Å². The van der Waals surface area contributed by atoms with E-state index >= 15 is 0 Å². The highest BCUT2D eigenvalue weighted by Gasteiger charge is 2.25. The van der Waals surface area contributed by atoms with Gasteiger partial charge in [-0.05, 0) is 37.8 Å². The molecule has 0 spiro atoms. The van der Waals surface area contributed by atoms with Gasteiger partial charge in [0, 0.05) is 37.6 Å². The zero-order valence-corrected chi connectivity index (χ0v) is 16.8. The summed E-state index contributed by atoms with van der Waals surface area (Å²) < 4.78 is 0. The van der Waals surface area contributed by atoms with Crippen LogP contribution in [0.4, 0.5) is 0 Å². The van der Waals surface area contributed by atoms with Gasteiger partial charge in [0.25, 0.3) is 5.91 Å². The van der Waals surface area contributed by atoms with Crippen LogP contribution in [0, 0.1) is 20.8 Å². The summed E-state index contributed by atoms with van der Waals surface area (Å²) in [4.78, 5) is 38.1. The number of hydrogen-bond donors (Lipinski definition) is 0. The number of aromatic nitrogens is 2. The molecule has 1 fully saturated rings. The Kier molecular flexibility index (Phi) is 5.93. The number of carbonyl (C=O) groups excluding carboxylic acids is 2. The summed E-state index contributed by atoms with van der Waals surface area (Å²) in [6.45, 7) is 8.21. The van der Waals surface area contributed by atoms with Gasteiger partial charge >= 0.3 is 0 Å². The topological polar surface area (TPSA) is 66.4 Å². The third kappa shape index (κ3) is 4.24. The lowest BCUT2D eigenvalue weighted by molar-refractivity contribution is -0.129. The summed E-state index contributed by atoms with van der Waals surface area (Å²) in [5.74, 6) is 0.444. The Morgan fingerprint density at radius 2 is 1.69 bits per heavy atom. The zero-order chi connectivity index (χ0) is 18.7. The first-order chi connectivity index (χ1) is 12.5. The number of hydrogen-bond acceptors (Lipinski definition) is 6. The molecule has 0 aliphatic carbocycles. The SMILES string of the molecule is Cc1nc(SCC(=O)N2CCN(C(=O)c3cccs3)CC2)nc(C)c1C. The highest BCUT2D eigenvalue weighted by atomic mass is 32.2. The van der Waals surface area contributed by atoms with Crippen LogP contribution in [0.2, 0.25) is 0 Å².